The lowest BCUT2D eigenvalue weighted by Crippen LogP contribution is -2.50. The van der Waals surface area contributed by atoms with Gasteiger partial charge in [0.25, 0.3) is 0 Å². The molecule has 0 aromatic heterocycles. The normalized spacial score (nSPS) is 18.0. The molecule has 4 nitrogen and oxygen atoms in total. The van der Waals surface area contributed by atoms with Crippen LogP contribution in [-0.4, -0.2) is 36.3 Å². The van der Waals surface area contributed by atoms with Gasteiger partial charge in [-0.05, 0) is 44.7 Å². The van der Waals surface area contributed by atoms with Crippen LogP contribution in [0.1, 0.15) is 32.3 Å². The second-order valence-corrected chi connectivity index (χ2v) is 6.46. The second kappa shape index (κ2) is 5.17. The molecule has 2 aliphatic heterocycles. The summed E-state index contributed by atoms with van der Waals surface area (Å²) in [7, 11) is 0. The summed E-state index contributed by atoms with van der Waals surface area (Å²) in [6.45, 7) is 5.76. The van der Waals surface area contributed by atoms with Gasteiger partial charge in [0.05, 0.1) is 0 Å². The number of rotatable bonds is 2. The third-order valence-corrected chi connectivity index (χ3v) is 4.59. The van der Waals surface area contributed by atoms with Crippen molar-refractivity contribution in [2.75, 3.05) is 24.5 Å². The number of nitrogens with zero attached hydrogens (tertiary/aromatic N) is 2. The van der Waals surface area contributed by atoms with Gasteiger partial charge in [0.2, 0.25) is 11.8 Å². The average Bonchev–Trinajstić information content (AvgIpc) is 3.15. The summed E-state index contributed by atoms with van der Waals surface area (Å²) < 4.78 is 0. The molecule has 0 saturated carbocycles. The molecular weight excluding hydrogens is 264 g/mol. The Morgan fingerprint density at radius 2 is 1.67 bits per heavy atom. The Kier molecular flexibility index (Phi) is 3.47. The summed E-state index contributed by atoms with van der Waals surface area (Å²) in [5, 5.41) is 0. The molecule has 3 rings (SSSR count). The topological polar surface area (TPSA) is 40.6 Å². The molecule has 0 aliphatic carbocycles. The van der Waals surface area contributed by atoms with E-state index in [2.05, 4.69) is 6.07 Å². The van der Waals surface area contributed by atoms with E-state index in [9.17, 15) is 9.59 Å². The van der Waals surface area contributed by atoms with Crippen LogP contribution in [0, 0.1) is 5.41 Å². The van der Waals surface area contributed by atoms with Crippen molar-refractivity contribution in [3.63, 3.8) is 0 Å². The molecule has 0 radical (unpaired) electrons. The number of likely N-dealkylation sites (tertiary alicyclic amines) is 1. The molecule has 112 valence electrons. The number of fused-ring (bicyclic) bond motifs is 1. The predicted octanol–water partition coefficient (Wildman–Crippen LogP) is 2.22. The zero-order chi connectivity index (χ0) is 15.0. The van der Waals surface area contributed by atoms with Crippen LogP contribution in [0.3, 0.4) is 0 Å². The predicted molar refractivity (Wildman–Crippen MR) is 82.1 cm³/mol. The fraction of sp³-hybridized carbons (Fsp3) is 0.529. The highest BCUT2D eigenvalue weighted by molar-refractivity contribution is 6.11. The minimum atomic E-state index is -0.984. The first kappa shape index (κ1) is 14.1. The quantitative estimate of drug-likeness (QED) is 0.782. The van der Waals surface area contributed by atoms with E-state index in [4.69, 9.17) is 0 Å². The zero-order valence-electron chi connectivity index (χ0n) is 12.8. The third-order valence-electron chi connectivity index (χ3n) is 4.59. The zero-order valence-corrected chi connectivity index (χ0v) is 12.8. The van der Waals surface area contributed by atoms with Crippen LogP contribution in [0.2, 0.25) is 0 Å². The first-order chi connectivity index (χ1) is 10.0. The maximum absolute atomic E-state index is 12.9. The number of hydrogen-bond donors (Lipinski definition) is 0. The lowest BCUT2D eigenvalue weighted by atomic mass is 9.89. The SMILES string of the molecule is CC(C)(C(=O)N1CCCC1)C(=O)N1CCc2ccccc21. The molecule has 2 aliphatic rings. The van der Waals surface area contributed by atoms with Gasteiger partial charge in [0, 0.05) is 25.3 Å². The summed E-state index contributed by atoms with van der Waals surface area (Å²) in [4.78, 5) is 29.2. The molecule has 0 unspecified atom stereocenters. The van der Waals surface area contributed by atoms with E-state index < -0.39 is 5.41 Å². The summed E-state index contributed by atoms with van der Waals surface area (Å²) in [5.74, 6) is -0.112. The molecule has 0 atom stereocenters. The van der Waals surface area contributed by atoms with Crippen molar-refractivity contribution >= 4 is 17.5 Å². The highest BCUT2D eigenvalue weighted by Gasteiger charge is 2.43. The Hall–Kier alpha value is -1.84. The summed E-state index contributed by atoms with van der Waals surface area (Å²) >= 11 is 0. The lowest BCUT2D eigenvalue weighted by molar-refractivity contribution is -0.146. The van der Waals surface area contributed by atoms with Crippen LogP contribution < -0.4 is 4.90 Å². The van der Waals surface area contributed by atoms with Crippen molar-refractivity contribution < 1.29 is 9.59 Å². The number of hydrogen-bond acceptors (Lipinski definition) is 2. The summed E-state index contributed by atoms with van der Waals surface area (Å²) in [6, 6.07) is 7.96. The van der Waals surface area contributed by atoms with Crippen LogP contribution in [-0.2, 0) is 16.0 Å². The number of carbonyl (C=O) groups excluding carboxylic acids is 2. The standard InChI is InChI=1S/C17H22N2O2/c1-17(2,15(20)18-10-5-6-11-18)16(21)19-12-9-13-7-3-4-8-14(13)19/h3-4,7-8H,5-6,9-12H2,1-2H3. The van der Waals surface area contributed by atoms with Gasteiger partial charge in [0.15, 0.2) is 0 Å². The van der Waals surface area contributed by atoms with E-state index >= 15 is 0 Å². The second-order valence-electron chi connectivity index (χ2n) is 6.46. The van der Waals surface area contributed by atoms with E-state index in [0.29, 0.717) is 6.54 Å². The van der Waals surface area contributed by atoms with Crippen LogP contribution >= 0.6 is 0 Å². The van der Waals surface area contributed by atoms with E-state index in [1.165, 1.54) is 5.56 Å². The van der Waals surface area contributed by atoms with Crippen LogP contribution in [0.5, 0.6) is 0 Å². The Bertz CT molecular complexity index is 574. The van der Waals surface area contributed by atoms with E-state index in [0.717, 1.165) is 38.0 Å². The van der Waals surface area contributed by atoms with E-state index in [1.54, 1.807) is 18.7 Å². The van der Waals surface area contributed by atoms with Gasteiger partial charge in [-0.25, -0.2) is 0 Å². The van der Waals surface area contributed by atoms with Crippen LogP contribution in [0.4, 0.5) is 5.69 Å². The van der Waals surface area contributed by atoms with E-state index in [1.807, 2.05) is 23.1 Å². The fourth-order valence-corrected chi connectivity index (χ4v) is 3.29. The molecule has 1 aromatic carbocycles. The van der Waals surface area contributed by atoms with Gasteiger partial charge in [0.1, 0.15) is 5.41 Å². The van der Waals surface area contributed by atoms with Crippen molar-refractivity contribution in [1.82, 2.24) is 4.90 Å². The molecule has 0 bridgehead atoms. The fourth-order valence-electron chi connectivity index (χ4n) is 3.29. The molecule has 0 N–H and O–H groups in total. The van der Waals surface area contributed by atoms with Crippen molar-refractivity contribution in [2.24, 2.45) is 5.41 Å². The van der Waals surface area contributed by atoms with Gasteiger partial charge >= 0.3 is 0 Å². The van der Waals surface area contributed by atoms with Crippen molar-refractivity contribution in [3.8, 4) is 0 Å². The van der Waals surface area contributed by atoms with Gasteiger partial charge < -0.3 is 9.80 Å². The Morgan fingerprint density at radius 1 is 1.00 bits per heavy atom. The Labute approximate surface area is 125 Å². The number of carbonyl (C=O) groups is 2. The van der Waals surface area contributed by atoms with Crippen molar-refractivity contribution in [3.05, 3.63) is 29.8 Å². The maximum atomic E-state index is 12.9. The van der Waals surface area contributed by atoms with Gasteiger partial charge in [-0.2, -0.15) is 0 Å². The number of amides is 2. The van der Waals surface area contributed by atoms with Crippen molar-refractivity contribution in [1.29, 1.82) is 0 Å². The Morgan fingerprint density at radius 3 is 2.38 bits per heavy atom. The lowest BCUT2D eigenvalue weighted by Gasteiger charge is -2.32. The number of para-hydroxylation sites is 1. The first-order valence-corrected chi connectivity index (χ1v) is 7.71. The number of anilines is 1. The average molecular weight is 286 g/mol. The molecule has 1 fully saturated rings. The minimum absolute atomic E-state index is 0.0330. The molecule has 2 amide bonds. The molecule has 1 aromatic rings. The maximum Gasteiger partial charge on any atom is 0.242 e. The van der Waals surface area contributed by atoms with E-state index in [-0.39, 0.29) is 11.8 Å². The van der Waals surface area contributed by atoms with Crippen LogP contribution in [0.15, 0.2) is 24.3 Å². The van der Waals surface area contributed by atoms with Gasteiger partial charge in [-0.15, -0.1) is 0 Å². The smallest absolute Gasteiger partial charge is 0.242 e. The van der Waals surface area contributed by atoms with Crippen molar-refractivity contribution in [2.45, 2.75) is 33.1 Å². The first-order valence-electron chi connectivity index (χ1n) is 7.71. The molecule has 0 spiro atoms. The molecule has 1 saturated heterocycles. The van der Waals surface area contributed by atoms with Gasteiger partial charge in [-0.3, -0.25) is 9.59 Å². The molecule has 21 heavy (non-hydrogen) atoms. The monoisotopic (exact) mass is 286 g/mol. The van der Waals surface area contributed by atoms with Crippen LogP contribution in [0.25, 0.3) is 0 Å². The summed E-state index contributed by atoms with van der Waals surface area (Å²) in [5.41, 5.74) is 1.17. The number of benzene rings is 1. The molecule has 4 heteroatoms. The highest BCUT2D eigenvalue weighted by Crippen LogP contribution is 2.33. The molecular formula is C17H22N2O2. The third kappa shape index (κ3) is 2.33. The minimum Gasteiger partial charge on any atom is -0.342 e. The van der Waals surface area contributed by atoms with Gasteiger partial charge in [-0.1, -0.05) is 18.2 Å². The summed E-state index contributed by atoms with van der Waals surface area (Å²) in [6.07, 6.45) is 2.96. The Balaban J connectivity index is 1.83. The highest BCUT2D eigenvalue weighted by atomic mass is 16.2. The largest absolute Gasteiger partial charge is 0.342 e. The molecule has 2 heterocycles.